The summed E-state index contributed by atoms with van der Waals surface area (Å²) in [5.74, 6) is 3.86. The number of nitrogens with zero attached hydrogens (tertiary/aromatic N) is 1. The predicted octanol–water partition coefficient (Wildman–Crippen LogP) is -11.5. The second-order valence-corrected chi connectivity index (χ2v) is 22.6. The first kappa shape index (κ1) is 81.0. The van der Waals surface area contributed by atoms with Crippen LogP contribution >= 0.6 is 64.8 Å². The van der Waals surface area contributed by atoms with Crippen LogP contribution in [0.4, 0.5) is 11.4 Å². The van der Waals surface area contributed by atoms with Crippen LogP contribution in [0.25, 0.3) is 0 Å². The van der Waals surface area contributed by atoms with Crippen LogP contribution in [0.1, 0.15) is 92.9 Å². The number of carbonyl (C=O) groups excluding carboxylic acids is 4. The summed E-state index contributed by atoms with van der Waals surface area (Å²) in [4.78, 5) is 69.3. The number of halogens is 4. The van der Waals surface area contributed by atoms with Crippen LogP contribution in [0.15, 0.2) is 46.2 Å². The summed E-state index contributed by atoms with van der Waals surface area (Å²) in [5.41, 5.74) is 15.3. The van der Waals surface area contributed by atoms with Crippen LogP contribution in [0.5, 0.6) is 0 Å². The molecule has 0 unspecified atom stereocenters. The molecule has 15 N–H and O–H groups in total. The molecule has 21 nitrogen and oxygen atoms in total. The Morgan fingerprint density at radius 2 is 1.13 bits per heavy atom. The van der Waals surface area contributed by atoms with Gasteiger partial charge in [-0.05, 0) is 70.7 Å². The number of nitro benzene ring substituents is 1. The SMILES string of the molecule is CNC(=O)CCOC(=O)c1cc(SSc2ccc([N+](=O)[O-])c(C(=O)OCCC(C)=O)c2)ccc1NOO.CNCCCC[NH+]=C(N)CCSSCCC(C)=[NH2+].CNCC[NH+]=C(N)CCSSCCC(C)=[NH2+].[Cl-].[Cl-].[Cl-].[Cl-]. The Morgan fingerprint density at radius 1 is 0.667 bits per heavy atom. The van der Waals surface area contributed by atoms with Crippen molar-refractivity contribution in [2.45, 2.75) is 81.9 Å². The van der Waals surface area contributed by atoms with E-state index in [9.17, 15) is 29.3 Å². The van der Waals surface area contributed by atoms with Crippen LogP contribution in [-0.2, 0) is 24.1 Å². The van der Waals surface area contributed by atoms with Crippen LogP contribution in [0.3, 0.4) is 0 Å². The molecule has 2 aromatic carbocycles. The van der Waals surface area contributed by atoms with Gasteiger partial charge in [0, 0.05) is 85.6 Å². The number of amidine groups is 2. The summed E-state index contributed by atoms with van der Waals surface area (Å²) < 4.78 is 10.1. The van der Waals surface area contributed by atoms with Gasteiger partial charge in [-0.1, -0.05) is 64.8 Å². The molecule has 0 atom stereocenters. The summed E-state index contributed by atoms with van der Waals surface area (Å²) in [6, 6.07) is 8.42. The third-order valence-electron chi connectivity index (χ3n) is 8.68. The summed E-state index contributed by atoms with van der Waals surface area (Å²) in [7, 11) is 15.1. The van der Waals surface area contributed by atoms with Gasteiger partial charge in [0.15, 0.2) is 0 Å². The van der Waals surface area contributed by atoms with Crippen LogP contribution < -0.4 is 103 Å². The number of hydrogen-bond donors (Lipinski definition) is 11. The number of amides is 1. The van der Waals surface area contributed by atoms with Crippen molar-refractivity contribution in [3.8, 4) is 0 Å². The van der Waals surface area contributed by atoms with E-state index < -0.39 is 22.5 Å². The van der Waals surface area contributed by atoms with Crippen molar-refractivity contribution < 1.29 is 114 Å². The Morgan fingerprint density at radius 3 is 1.60 bits per heavy atom. The summed E-state index contributed by atoms with van der Waals surface area (Å²) in [5, 5.41) is 39.8. The molecule has 0 spiro atoms. The van der Waals surface area contributed by atoms with Crippen molar-refractivity contribution in [3.05, 3.63) is 57.6 Å². The molecule has 0 aromatic heterocycles. The van der Waals surface area contributed by atoms with Gasteiger partial charge in [-0.15, -0.1) is 4.99 Å². The fraction of sp³-hybridized carbons (Fsp3) is 0.545. The van der Waals surface area contributed by atoms with Crippen molar-refractivity contribution >= 4 is 123 Å². The Labute approximate surface area is 489 Å². The Hall–Kier alpha value is -2.90. The Kier molecular flexibility index (Phi) is 57.3. The lowest BCUT2D eigenvalue weighted by Crippen LogP contribution is -3.00. The fourth-order valence-corrected chi connectivity index (χ4v) is 11.1. The number of hydrogen-bond acceptors (Lipinski definition) is 19. The lowest BCUT2D eigenvalue weighted by Gasteiger charge is -2.11. The average Bonchev–Trinajstić information content (AvgIpc) is 3.33. The number of benzene rings is 2. The first-order chi connectivity index (χ1) is 34.0. The number of nitrogens with two attached hydrogens (primary N) is 4. The third kappa shape index (κ3) is 44.7. The highest BCUT2D eigenvalue weighted by Gasteiger charge is 2.23. The van der Waals surface area contributed by atoms with Gasteiger partial charge >= 0.3 is 11.9 Å². The maximum Gasteiger partial charge on any atom is 0.345 e. The molecule has 75 heavy (non-hydrogen) atoms. The van der Waals surface area contributed by atoms with Crippen molar-refractivity contribution in [2.24, 2.45) is 11.5 Å². The number of rotatable bonds is 36. The highest BCUT2D eigenvalue weighted by atomic mass is 35.5. The Balaban J connectivity index is -0.000000362. The van der Waals surface area contributed by atoms with Crippen LogP contribution in [-0.4, -0.2) is 140 Å². The molecule has 2 aromatic rings. The number of carbonyl (C=O) groups is 4. The molecule has 0 aliphatic carbocycles. The van der Waals surface area contributed by atoms with Gasteiger partial charge in [-0.3, -0.25) is 52.0 Å². The molecule has 0 radical (unpaired) electrons. The van der Waals surface area contributed by atoms with E-state index in [0.717, 1.165) is 115 Å². The standard InChI is InChI=1S/C22H23N3O10S2.C12H26N4S2.C10H22N4S2.4ClH/c1-13(26)7-9-33-22(29)17-12-15(4-6-19(17)25(30)31)37-36-14-3-5-18(24-35-32)16(11-14)21(28)34-10-8-20(27)23-2;1-11(13)5-9-17-18-10-6-12(14)16-8-4-3-7-15-2;1-9(11)3-7-15-16-8-4-10(12)14-6-5-13-2;;;;/h3-6,11-12,24,32H,7-10H2,1-2H3,(H,23,27);13,15H,3-10H2,1-2H3,(H2,14,16);11,13H,3-8H2,1-2H3,(H2,12,14);4*1H. The average molecular weight is 1250 g/mol. The number of Topliss-reactive ketones (excluding diaryl/α,β-unsaturated/α-hetero) is 1. The molecule has 0 heterocycles. The number of ketones is 1. The first-order valence-corrected chi connectivity index (χ1v) is 29.6. The van der Waals surface area contributed by atoms with Crippen molar-refractivity contribution in [3.63, 3.8) is 0 Å². The molecule has 2 rings (SSSR count). The summed E-state index contributed by atoms with van der Waals surface area (Å²) in [6.45, 7) is 8.78. The van der Waals surface area contributed by atoms with E-state index in [1.54, 1.807) is 6.07 Å². The maximum absolute atomic E-state index is 12.5. The summed E-state index contributed by atoms with van der Waals surface area (Å²) >= 11 is 0. The Bertz CT molecular complexity index is 2030. The van der Waals surface area contributed by atoms with E-state index in [1.807, 2.05) is 71.1 Å². The molecule has 0 bridgehead atoms. The molecule has 430 valence electrons. The molecule has 0 saturated heterocycles. The molecule has 0 fully saturated rings. The van der Waals surface area contributed by atoms with Gasteiger partial charge < -0.3 is 75.1 Å². The van der Waals surface area contributed by atoms with Gasteiger partial charge in [-0.25, -0.2) is 20.3 Å². The van der Waals surface area contributed by atoms with Crippen LogP contribution in [0.2, 0.25) is 0 Å². The lowest BCUT2D eigenvalue weighted by molar-refractivity contribution is -0.460. The van der Waals surface area contributed by atoms with Crippen LogP contribution in [0, 0.1) is 10.1 Å². The number of esters is 2. The van der Waals surface area contributed by atoms with E-state index in [0.29, 0.717) is 9.79 Å². The predicted molar refractivity (Wildman–Crippen MR) is 294 cm³/mol. The molecule has 1 amide bonds. The fourth-order valence-electron chi connectivity index (χ4n) is 4.82. The van der Waals surface area contributed by atoms with E-state index in [2.05, 4.69) is 36.4 Å². The van der Waals surface area contributed by atoms with Crippen molar-refractivity contribution in [1.82, 2.24) is 16.0 Å². The third-order valence-corrected chi connectivity index (χ3v) is 15.9. The van der Waals surface area contributed by atoms with Gasteiger partial charge in [0.1, 0.15) is 29.4 Å². The zero-order valence-corrected chi connectivity index (χ0v) is 51.0. The smallest absolute Gasteiger partial charge is 0.345 e. The minimum Gasteiger partial charge on any atom is -1.00 e. The minimum absolute atomic E-state index is 0. The topological polar surface area (TPSA) is 339 Å². The molecule has 31 heteroatoms. The normalized spacial score (nSPS) is 10.4. The zero-order valence-electron chi connectivity index (χ0n) is 43.0. The van der Waals surface area contributed by atoms with E-state index in [-0.39, 0.29) is 104 Å². The van der Waals surface area contributed by atoms with Crippen molar-refractivity contribution in [2.75, 3.05) is 89.0 Å². The number of unbranched alkanes of at least 4 members (excludes halogenated alkanes) is 1. The highest BCUT2D eigenvalue weighted by molar-refractivity contribution is 8.77. The van der Waals surface area contributed by atoms with E-state index in [4.69, 9.17) is 37.0 Å². The molecule has 0 aliphatic heterocycles. The van der Waals surface area contributed by atoms with Gasteiger partial charge in [-0.2, -0.15) is 0 Å². The number of likely N-dealkylation sites (N-methyl/N-ethyl adjacent to an activating group) is 1. The quantitative estimate of drug-likeness (QED) is 0.00441. The molecule has 0 aliphatic rings. The highest BCUT2D eigenvalue weighted by Crippen LogP contribution is 2.40. The van der Waals surface area contributed by atoms with Gasteiger partial charge in [0.05, 0.1) is 55.1 Å². The second kappa shape index (κ2) is 53.1. The number of nitrogens with one attached hydrogen (secondary N) is 6. The van der Waals surface area contributed by atoms with Gasteiger partial charge in [0.25, 0.3) is 5.69 Å². The first-order valence-electron chi connectivity index (χ1n) is 22.5. The minimum atomic E-state index is -0.929. The van der Waals surface area contributed by atoms with E-state index in [1.165, 1.54) is 61.5 Å². The molecule has 0 saturated carbocycles. The molecular formula is C44H75Cl4N11O10S6. The van der Waals surface area contributed by atoms with Crippen molar-refractivity contribution in [1.29, 1.82) is 0 Å². The second-order valence-electron chi connectivity index (χ2n) is 14.9. The maximum atomic E-state index is 12.5. The summed E-state index contributed by atoms with van der Waals surface area (Å²) in [6.07, 6.45) is 6.17. The largest absolute Gasteiger partial charge is 1.00 e. The van der Waals surface area contributed by atoms with E-state index >= 15 is 0 Å². The number of anilines is 1. The molecular weight excluding hydrogens is 1180 g/mol. The zero-order chi connectivity index (χ0) is 53.2. The number of nitro groups is 1. The number of ether oxygens (including phenoxy) is 2. The monoisotopic (exact) mass is 1250 g/mol. The van der Waals surface area contributed by atoms with Gasteiger partial charge in [0.2, 0.25) is 17.6 Å². The lowest BCUT2D eigenvalue weighted by atomic mass is 10.2.